The van der Waals surface area contributed by atoms with Crippen molar-refractivity contribution in [2.75, 3.05) is 11.9 Å². The summed E-state index contributed by atoms with van der Waals surface area (Å²) in [6.45, 7) is 6.87. The fraction of sp³-hybridized carbons (Fsp3) is 0.375. The molecule has 112 valence electrons. The lowest BCUT2D eigenvalue weighted by molar-refractivity contribution is 0.102. The highest BCUT2D eigenvalue weighted by molar-refractivity contribution is 6.05. The number of benzene rings is 1. The Balaban J connectivity index is 2.23. The molecule has 5 nitrogen and oxygen atoms in total. The van der Waals surface area contributed by atoms with E-state index in [1.54, 1.807) is 10.9 Å². The number of rotatable bonds is 5. The van der Waals surface area contributed by atoms with Gasteiger partial charge in [-0.15, -0.1) is 0 Å². The first kappa shape index (κ1) is 15.3. The molecule has 0 aliphatic rings. The molecule has 0 bridgehead atoms. The van der Waals surface area contributed by atoms with Gasteiger partial charge in [-0.3, -0.25) is 9.48 Å². The quantitative estimate of drug-likeness (QED) is 0.888. The normalized spacial score (nSPS) is 12.2. The summed E-state index contributed by atoms with van der Waals surface area (Å²) in [6, 6.07) is 8.04. The summed E-state index contributed by atoms with van der Waals surface area (Å²) >= 11 is 0. The molecule has 1 aromatic carbocycles. The highest BCUT2D eigenvalue weighted by Crippen LogP contribution is 2.23. The van der Waals surface area contributed by atoms with Crippen LogP contribution in [0.15, 0.2) is 30.5 Å². The molecule has 0 saturated carbocycles. The Kier molecular flexibility index (Phi) is 4.75. The number of nitrogens with one attached hydrogen (secondary N) is 2. The fourth-order valence-electron chi connectivity index (χ4n) is 2.42. The number of aryl methyl sites for hydroxylation is 2. The lowest BCUT2D eigenvalue weighted by Crippen LogP contribution is -2.20. The fourth-order valence-corrected chi connectivity index (χ4v) is 2.42. The van der Waals surface area contributed by atoms with Crippen LogP contribution >= 0.6 is 0 Å². The van der Waals surface area contributed by atoms with Crippen molar-refractivity contribution in [2.24, 2.45) is 7.05 Å². The van der Waals surface area contributed by atoms with E-state index in [0.29, 0.717) is 5.56 Å². The van der Waals surface area contributed by atoms with Crippen LogP contribution in [0.3, 0.4) is 0 Å². The van der Waals surface area contributed by atoms with E-state index in [0.717, 1.165) is 23.5 Å². The summed E-state index contributed by atoms with van der Waals surface area (Å²) in [5.74, 6) is -0.128. The van der Waals surface area contributed by atoms with Crippen molar-refractivity contribution in [3.05, 3.63) is 47.3 Å². The van der Waals surface area contributed by atoms with Gasteiger partial charge in [0.25, 0.3) is 5.91 Å². The Morgan fingerprint density at radius 2 is 2.10 bits per heavy atom. The third kappa shape index (κ3) is 3.49. The van der Waals surface area contributed by atoms with Gasteiger partial charge in [-0.2, -0.15) is 5.10 Å². The number of carbonyl (C=O) groups excluding carboxylic acids is 1. The van der Waals surface area contributed by atoms with Crippen LogP contribution in [0.1, 0.15) is 41.5 Å². The maximum absolute atomic E-state index is 12.4. The molecule has 2 aromatic rings. The third-order valence-electron chi connectivity index (χ3n) is 3.44. The van der Waals surface area contributed by atoms with Gasteiger partial charge < -0.3 is 10.6 Å². The summed E-state index contributed by atoms with van der Waals surface area (Å²) in [5.41, 5.74) is 3.24. The molecule has 1 heterocycles. The second kappa shape index (κ2) is 6.54. The van der Waals surface area contributed by atoms with Crippen LogP contribution in [0.5, 0.6) is 0 Å². The molecule has 1 amide bonds. The predicted octanol–water partition coefficient (Wildman–Crippen LogP) is 2.65. The monoisotopic (exact) mass is 286 g/mol. The molecule has 0 fully saturated rings. The van der Waals surface area contributed by atoms with Crippen LogP contribution in [-0.2, 0) is 7.05 Å². The Labute approximate surface area is 125 Å². The van der Waals surface area contributed by atoms with E-state index in [9.17, 15) is 4.79 Å². The van der Waals surface area contributed by atoms with Gasteiger partial charge in [0.05, 0.1) is 11.3 Å². The lowest BCUT2D eigenvalue weighted by atomic mass is 10.1. The standard InChI is InChI=1S/C16H22N4O/c1-5-17-11(2)13-8-6-7-9-15(13)18-16(21)14-10-20(4)19-12(14)3/h6-11,17H,5H2,1-4H3,(H,18,21). The first-order chi connectivity index (χ1) is 10.0. The van der Waals surface area contributed by atoms with Gasteiger partial charge in [0.2, 0.25) is 0 Å². The molecule has 1 unspecified atom stereocenters. The summed E-state index contributed by atoms with van der Waals surface area (Å²) in [4.78, 5) is 12.4. The van der Waals surface area contributed by atoms with E-state index in [4.69, 9.17) is 0 Å². The molecule has 1 atom stereocenters. The van der Waals surface area contributed by atoms with Crippen LogP contribution in [0, 0.1) is 6.92 Å². The predicted molar refractivity (Wildman–Crippen MR) is 84.4 cm³/mol. The highest BCUT2D eigenvalue weighted by atomic mass is 16.1. The maximum atomic E-state index is 12.4. The molecule has 0 radical (unpaired) electrons. The third-order valence-corrected chi connectivity index (χ3v) is 3.44. The summed E-state index contributed by atoms with van der Waals surface area (Å²) in [6.07, 6.45) is 1.74. The molecule has 0 aliphatic heterocycles. The minimum Gasteiger partial charge on any atom is -0.322 e. The minimum atomic E-state index is -0.128. The van der Waals surface area contributed by atoms with Crippen LogP contribution in [0.2, 0.25) is 0 Å². The Hall–Kier alpha value is -2.14. The van der Waals surface area contributed by atoms with Gasteiger partial charge in [0.1, 0.15) is 0 Å². The molecular weight excluding hydrogens is 264 g/mol. The molecule has 0 spiro atoms. The van der Waals surface area contributed by atoms with Crippen molar-refractivity contribution in [1.29, 1.82) is 0 Å². The average Bonchev–Trinajstić information content (AvgIpc) is 2.78. The number of hydrogen-bond donors (Lipinski definition) is 2. The van der Waals surface area contributed by atoms with Crippen molar-refractivity contribution >= 4 is 11.6 Å². The van der Waals surface area contributed by atoms with Crippen LogP contribution in [-0.4, -0.2) is 22.2 Å². The molecule has 2 N–H and O–H groups in total. The molecule has 5 heteroatoms. The van der Waals surface area contributed by atoms with Crippen molar-refractivity contribution in [2.45, 2.75) is 26.8 Å². The second-order valence-corrected chi connectivity index (χ2v) is 5.12. The van der Waals surface area contributed by atoms with E-state index in [1.807, 2.05) is 38.2 Å². The molecule has 2 rings (SSSR count). The van der Waals surface area contributed by atoms with Gasteiger partial charge in [-0.05, 0) is 32.0 Å². The molecule has 0 saturated heterocycles. The van der Waals surface area contributed by atoms with E-state index in [1.165, 1.54) is 0 Å². The molecule has 21 heavy (non-hydrogen) atoms. The molecule has 0 aliphatic carbocycles. The Morgan fingerprint density at radius 1 is 1.38 bits per heavy atom. The molecular formula is C16H22N4O. The van der Waals surface area contributed by atoms with Crippen LogP contribution in [0.25, 0.3) is 0 Å². The zero-order valence-corrected chi connectivity index (χ0v) is 13.0. The van der Waals surface area contributed by atoms with Crippen LogP contribution < -0.4 is 10.6 Å². The number of para-hydroxylation sites is 1. The van der Waals surface area contributed by atoms with E-state index in [2.05, 4.69) is 29.6 Å². The SMILES string of the molecule is CCNC(C)c1ccccc1NC(=O)c1cn(C)nc1C. The van der Waals surface area contributed by atoms with Crippen molar-refractivity contribution < 1.29 is 4.79 Å². The Morgan fingerprint density at radius 3 is 2.71 bits per heavy atom. The maximum Gasteiger partial charge on any atom is 0.259 e. The number of nitrogens with zero attached hydrogens (tertiary/aromatic N) is 2. The number of carbonyl (C=O) groups is 1. The van der Waals surface area contributed by atoms with Gasteiger partial charge in [0, 0.05) is 25.0 Å². The minimum absolute atomic E-state index is 0.128. The smallest absolute Gasteiger partial charge is 0.259 e. The van der Waals surface area contributed by atoms with Crippen molar-refractivity contribution in [3.63, 3.8) is 0 Å². The van der Waals surface area contributed by atoms with Crippen molar-refractivity contribution in [1.82, 2.24) is 15.1 Å². The topological polar surface area (TPSA) is 58.9 Å². The van der Waals surface area contributed by atoms with E-state index >= 15 is 0 Å². The summed E-state index contributed by atoms with van der Waals surface area (Å²) < 4.78 is 1.65. The number of aromatic nitrogens is 2. The zero-order chi connectivity index (χ0) is 15.4. The molecule has 1 aromatic heterocycles. The van der Waals surface area contributed by atoms with Crippen molar-refractivity contribution in [3.8, 4) is 0 Å². The second-order valence-electron chi connectivity index (χ2n) is 5.12. The lowest BCUT2D eigenvalue weighted by Gasteiger charge is -2.17. The van der Waals surface area contributed by atoms with Crippen LogP contribution in [0.4, 0.5) is 5.69 Å². The summed E-state index contributed by atoms with van der Waals surface area (Å²) in [5, 5.41) is 10.6. The summed E-state index contributed by atoms with van der Waals surface area (Å²) in [7, 11) is 1.81. The van der Waals surface area contributed by atoms with E-state index in [-0.39, 0.29) is 11.9 Å². The first-order valence-electron chi connectivity index (χ1n) is 7.16. The first-order valence-corrected chi connectivity index (χ1v) is 7.16. The largest absolute Gasteiger partial charge is 0.322 e. The number of anilines is 1. The number of hydrogen-bond acceptors (Lipinski definition) is 3. The van der Waals surface area contributed by atoms with E-state index < -0.39 is 0 Å². The zero-order valence-electron chi connectivity index (χ0n) is 13.0. The van der Waals surface area contributed by atoms with Gasteiger partial charge in [-0.1, -0.05) is 25.1 Å². The van der Waals surface area contributed by atoms with Gasteiger partial charge in [-0.25, -0.2) is 0 Å². The highest BCUT2D eigenvalue weighted by Gasteiger charge is 2.15. The average molecular weight is 286 g/mol. The number of amides is 1. The van der Waals surface area contributed by atoms with Gasteiger partial charge in [0.15, 0.2) is 0 Å². The Bertz CT molecular complexity index is 633. The van der Waals surface area contributed by atoms with Gasteiger partial charge >= 0.3 is 0 Å².